The number of carbonyl (C=O) groups is 3. The highest BCUT2D eigenvalue weighted by molar-refractivity contribution is 6.11. The SMILES string of the molecule is O=C(OCc1ccccc1)C1CC(=O)N(OCc2ccccc2)C1=O. The van der Waals surface area contributed by atoms with E-state index in [1.807, 2.05) is 60.7 Å². The van der Waals surface area contributed by atoms with Gasteiger partial charge >= 0.3 is 5.97 Å². The van der Waals surface area contributed by atoms with E-state index in [-0.39, 0.29) is 19.6 Å². The molecule has 6 heteroatoms. The van der Waals surface area contributed by atoms with Crippen molar-refractivity contribution >= 4 is 17.8 Å². The molecule has 0 aliphatic carbocycles. The Labute approximate surface area is 144 Å². The normalized spacial score (nSPS) is 17.0. The van der Waals surface area contributed by atoms with Gasteiger partial charge in [0.15, 0.2) is 0 Å². The molecule has 25 heavy (non-hydrogen) atoms. The lowest BCUT2D eigenvalue weighted by molar-refractivity contribution is -0.192. The average molecular weight is 339 g/mol. The van der Waals surface area contributed by atoms with Crippen LogP contribution in [0.15, 0.2) is 60.7 Å². The van der Waals surface area contributed by atoms with Crippen LogP contribution in [0.1, 0.15) is 17.5 Å². The lowest BCUT2D eigenvalue weighted by atomic mass is 10.1. The molecule has 1 unspecified atom stereocenters. The first-order valence-corrected chi connectivity index (χ1v) is 7.89. The summed E-state index contributed by atoms with van der Waals surface area (Å²) in [5, 5.41) is 0.668. The second-order valence-electron chi connectivity index (χ2n) is 5.64. The Morgan fingerprint density at radius 3 is 2.08 bits per heavy atom. The molecule has 2 amide bonds. The maximum absolute atomic E-state index is 12.3. The van der Waals surface area contributed by atoms with E-state index in [2.05, 4.69) is 0 Å². The molecule has 0 radical (unpaired) electrons. The van der Waals surface area contributed by atoms with E-state index in [1.165, 1.54) is 0 Å². The Hall–Kier alpha value is -2.99. The Bertz CT molecular complexity index is 760. The third-order valence-corrected chi connectivity index (χ3v) is 3.82. The number of hydroxylamine groups is 2. The largest absolute Gasteiger partial charge is 0.460 e. The molecule has 1 aliphatic rings. The first-order chi connectivity index (χ1) is 12.1. The minimum atomic E-state index is -1.15. The van der Waals surface area contributed by atoms with Gasteiger partial charge in [0.25, 0.3) is 11.8 Å². The van der Waals surface area contributed by atoms with Crippen LogP contribution in [0, 0.1) is 5.92 Å². The van der Waals surface area contributed by atoms with E-state index < -0.39 is 23.7 Å². The molecule has 1 fully saturated rings. The van der Waals surface area contributed by atoms with E-state index in [1.54, 1.807) is 0 Å². The molecule has 128 valence electrons. The minimum Gasteiger partial charge on any atom is -0.460 e. The monoisotopic (exact) mass is 339 g/mol. The molecule has 2 aromatic carbocycles. The van der Waals surface area contributed by atoms with Gasteiger partial charge in [0.1, 0.15) is 19.1 Å². The fourth-order valence-corrected chi connectivity index (χ4v) is 2.47. The number of esters is 1. The standard InChI is InChI=1S/C19H17NO5/c21-17-11-16(19(23)24-12-14-7-3-1-4-8-14)18(22)20(17)25-13-15-9-5-2-6-10-15/h1-10,16H,11-13H2. The van der Waals surface area contributed by atoms with Crippen LogP contribution in [0.25, 0.3) is 0 Å². The number of carbonyl (C=O) groups excluding carboxylic acids is 3. The quantitative estimate of drug-likeness (QED) is 0.458. The number of benzene rings is 2. The van der Waals surface area contributed by atoms with Crippen molar-refractivity contribution in [2.24, 2.45) is 5.92 Å². The smallest absolute Gasteiger partial charge is 0.319 e. The van der Waals surface area contributed by atoms with E-state index in [0.717, 1.165) is 11.1 Å². The Balaban J connectivity index is 1.55. The average Bonchev–Trinajstić information content (AvgIpc) is 2.94. The number of hydrogen-bond donors (Lipinski definition) is 0. The molecule has 6 nitrogen and oxygen atoms in total. The topological polar surface area (TPSA) is 72.9 Å². The molecular formula is C19H17NO5. The van der Waals surface area contributed by atoms with Crippen molar-refractivity contribution in [2.45, 2.75) is 19.6 Å². The zero-order valence-electron chi connectivity index (χ0n) is 13.5. The van der Waals surface area contributed by atoms with Gasteiger partial charge in [0, 0.05) is 0 Å². The van der Waals surface area contributed by atoms with Crippen LogP contribution >= 0.6 is 0 Å². The van der Waals surface area contributed by atoms with E-state index in [0.29, 0.717) is 5.06 Å². The predicted octanol–water partition coefficient (Wildman–Crippen LogP) is 2.24. The van der Waals surface area contributed by atoms with Gasteiger partial charge in [-0.05, 0) is 11.1 Å². The number of hydrogen-bond acceptors (Lipinski definition) is 5. The van der Waals surface area contributed by atoms with Crippen LogP contribution in [0.3, 0.4) is 0 Å². The Morgan fingerprint density at radius 1 is 0.920 bits per heavy atom. The van der Waals surface area contributed by atoms with Gasteiger partial charge in [0.2, 0.25) is 0 Å². The summed E-state index contributed by atoms with van der Waals surface area (Å²) in [6.07, 6.45) is -0.235. The Kier molecular flexibility index (Phi) is 5.20. The van der Waals surface area contributed by atoms with E-state index >= 15 is 0 Å². The molecule has 1 heterocycles. The van der Waals surface area contributed by atoms with Crippen LogP contribution in [-0.4, -0.2) is 22.8 Å². The molecule has 1 atom stereocenters. The third kappa shape index (κ3) is 4.10. The van der Waals surface area contributed by atoms with Crippen LogP contribution in [0.2, 0.25) is 0 Å². The fourth-order valence-electron chi connectivity index (χ4n) is 2.47. The summed E-state index contributed by atoms with van der Waals surface area (Å²) < 4.78 is 5.15. The van der Waals surface area contributed by atoms with Gasteiger partial charge in [-0.15, -0.1) is 0 Å². The second kappa shape index (κ2) is 7.72. The summed E-state index contributed by atoms with van der Waals surface area (Å²) in [6.45, 7) is 0.132. The molecule has 0 saturated carbocycles. The van der Waals surface area contributed by atoms with Gasteiger partial charge in [-0.1, -0.05) is 60.7 Å². The first kappa shape index (κ1) is 16.9. The first-order valence-electron chi connectivity index (χ1n) is 7.89. The summed E-state index contributed by atoms with van der Waals surface area (Å²) in [5.41, 5.74) is 1.63. The number of nitrogens with zero attached hydrogens (tertiary/aromatic N) is 1. The second-order valence-corrected chi connectivity index (χ2v) is 5.64. The summed E-state index contributed by atoms with van der Waals surface area (Å²) in [5.74, 6) is -3.08. The van der Waals surface area contributed by atoms with Crippen molar-refractivity contribution in [1.82, 2.24) is 5.06 Å². The van der Waals surface area contributed by atoms with Crippen molar-refractivity contribution in [1.29, 1.82) is 0 Å². The van der Waals surface area contributed by atoms with Gasteiger partial charge < -0.3 is 4.74 Å². The highest BCUT2D eigenvalue weighted by Gasteiger charge is 2.45. The van der Waals surface area contributed by atoms with Crippen LogP contribution in [0.5, 0.6) is 0 Å². The van der Waals surface area contributed by atoms with E-state index in [9.17, 15) is 14.4 Å². The summed E-state index contributed by atoms with van der Waals surface area (Å²) in [6, 6.07) is 18.3. The minimum absolute atomic E-state index is 0.0581. The van der Waals surface area contributed by atoms with Gasteiger partial charge in [-0.3, -0.25) is 19.2 Å². The Morgan fingerprint density at radius 2 is 1.48 bits per heavy atom. The predicted molar refractivity (Wildman–Crippen MR) is 87.4 cm³/mol. The lowest BCUT2D eigenvalue weighted by Gasteiger charge is -2.14. The summed E-state index contributed by atoms with van der Waals surface area (Å²) in [4.78, 5) is 41.6. The van der Waals surface area contributed by atoms with Crippen molar-refractivity contribution in [3.8, 4) is 0 Å². The molecular weight excluding hydrogens is 322 g/mol. The van der Waals surface area contributed by atoms with Crippen molar-refractivity contribution < 1.29 is 24.0 Å². The highest BCUT2D eigenvalue weighted by atomic mass is 16.7. The van der Waals surface area contributed by atoms with Crippen molar-refractivity contribution in [3.63, 3.8) is 0 Å². The number of amides is 2. The molecule has 0 spiro atoms. The van der Waals surface area contributed by atoms with E-state index in [4.69, 9.17) is 9.57 Å². The van der Waals surface area contributed by atoms with Gasteiger partial charge in [0.05, 0.1) is 6.42 Å². The molecule has 1 aliphatic heterocycles. The molecule has 0 bridgehead atoms. The molecule has 0 aromatic heterocycles. The highest BCUT2D eigenvalue weighted by Crippen LogP contribution is 2.22. The fraction of sp³-hybridized carbons (Fsp3) is 0.211. The number of imide groups is 1. The zero-order valence-corrected chi connectivity index (χ0v) is 13.5. The lowest BCUT2D eigenvalue weighted by Crippen LogP contribution is -2.33. The van der Waals surface area contributed by atoms with Crippen LogP contribution in [-0.2, 0) is 37.2 Å². The van der Waals surface area contributed by atoms with Gasteiger partial charge in [-0.25, -0.2) is 0 Å². The summed E-state index contributed by atoms with van der Waals surface area (Å²) in [7, 11) is 0. The third-order valence-electron chi connectivity index (χ3n) is 3.82. The number of ether oxygens (including phenoxy) is 1. The summed E-state index contributed by atoms with van der Waals surface area (Å²) >= 11 is 0. The zero-order chi connectivity index (χ0) is 17.6. The van der Waals surface area contributed by atoms with Crippen LogP contribution < -0.4 is 0 Å². The van der Waals surface area contributed by atoms with Crippen LogP contribution in [0.4, 0.5) is 0 Å². The molecule has 1 saturated heterocycles. The molecule has 3 rings (SSSR count). The molecule has 0 N–H and O–H groups in total. The van der Waals surface area contributed by atoms with Gasteiger partial charge in [-0.2, -0.15) is 5.06 Å². The van der Waals surface area contributed by atoms with Crippen molar-refractivity contribution in [3.05, 3.63) is 71.8 Å². The number of rotatable bonds is 6. The maximum Gasteiger partial charge on any atom is 0.319 e. The maximum atomic E-state index is 12.3. The molecule has 2 aromatic rings. The van der Waals surface area contributed by atoms with Crippen molar-refractivity contribution in [2.75, 3.05) is 0 Å².